The molecule has 0 bridgehead atoms. The van der Waals surface area contributed by atoms with Crippen molar-refractivity contribution in [1.82, 2.24) is 14.9 Å². The molecule has 0 aliphatic heterocycles. The third-order valence-electron chi connectivity index (χ3n) is 3.24. The van der Waals surface area contributed by atoms with Crippen LogP contribution >= 0.6 is 0 Å². The molecule has 1 unspecified atom stereocenters. The molecule has 1 aliphatic carbocycles. The number of aromatic amines is 1. The third-order valence-corrected chi connectivity index (χ3v) is 3.24. The lowest BCUT2D eigenvalue weighted by Gasteiger charge is -2.19. The van der Waals surface area contributed by atoms with Crippen LogP contribution in [0.25, 0.3) is 0 Å². The molecule has 1 heterocycles. The lowest BCUT2D eigenvalue weighted by Crippen LogP contribution is -2.13. The van der Waals surface area contributed by atoms with E-state index >= 15 is 0 Å². The highest BCUT2D eigenvalue weighted by molar-refractivity contribution is 5.18. The minimum absolute atomic E-state index is 0.866. The second-order valence-corrected chi connectivity index (χ2v) is 4.86. The average Bonchev–Trinajstić information content (AvgIpc) is 2.57. The van der Waals surface area contributed by atoms with Crippen LogP contribution in [-0.2, 0) is 19.4 Å². The first-order valence-corrected chi connectivity index (χ1v) is 5.90. The molecule has 84 valence electrons. The van der Waals surface area contributed by atoms with E-state index in [-0.39, 0.29) is 0 Å². The predicted octanol–water partition coefficient (Wildman–Crippen LogP) is 1.99. The molecule has 1 aromatic heterocycles. The van der Waals surface area contributed by atoms with E-state index in [1.54, 1.807) is 0 Å². The number of imidazole rings is 1. The molecule has 15 heavy (non-hydrogen) atoms. The van der Waals surface area contributed by atoms with Crippen LogP contribution in [0.3, 0.4) is 0 Å². The van der Waals surface area contributed by atoms with Gasteiger partial charge < -0.3 is 9.88 Å². The highest BCUT2D eigenvalue weighted by atomic mass is 15.1. The fourth-order valence-corrected chi connectivity index (χ4v) is 2.33. The van der Waals surface area contributed by atoms with Crippen molar-refractivity contribution in [2.24, 2.45) is 5.92 Å². The van der Waals surface area contributed by atoms with Gasteiger partial charge in [0.2, 0.25) is 0 Å². The normalized spacial score (nSPS) is 20.7. The fourth-order valence-electron chi connectivity index (χ4n) is 2.33. The highest BCUT2D eigenvalue weighted by Crippen LogP contribution is 2.25. The van der Waals surface area contributed by atoms with Gasteiger partial charge in [-0.15, -0.1) is 0 Å². The van der Waals surface area contributed by atoms with E-state index in [1.807, 2.05) is 0 Å². The number of hydrogen-bond donors (Lipinski definition) is 1. The molecule has 1 N–H and O–H groups in total. The molecular formula is C12H21N3. The van der Waals surface area contributed by atoms with E-state index in [1.165, 1.54) is 30.7 Å². The van der Waals surface area contributed by atoms with Crippen LogP contribution in [0.1, 0.15) is 37.0 Å². The SMILES string of the molecule is CCC1CCc2nc(CN(C)C)[nH]c2C1. The maximum atomic E-state index is 4.66. The van der Waals surface area contributed by atoms with Crippen molar-refractivity contribution in [1.29, 1.82) is 0 Å². The Morgan fingerprint density at radius 3 is 2.93 bits per heavy atom. The van der Waals surface area contributed by atoms with Gasteiger partial charge in [-0.1, -0.05) is 13.3 Å². The Bertz CT molecular complexity index is 328. The Labute approximate surface area is 91.9 Å². The van der Waals surface area contributed by atoms with Crippen molar-refractivity contribution in [2.75, 3.05) is 14.1 Å². The van der Waals surface area contributed by atoms with Crippen LogP contribution in [0.5, 0.6) is 0 Å². The Morgan fingerprint density at radius 1 is 1.47 bits per heavy atom. The van der Waals surface area contributed by atoms with Gasteiger partial charge in [0.05, 0.1) is 12.2 Å². The Morgan fingerprint density at radius 2 is 2.27 bits per heavy atom. The molecule has 1 aliphatic rings. The van der Waals surface area contributed by atoms with Crippen molar-refractivity contribution < 1.29 is 0 Å². The van der Waals surface area contributed by atoms with Crippen LogP contribution in [-0.4, -0.2) is 29.0 Å². The van der Waals surface area contributed by atoms with Crippen molar-refractivity contribution in [3.63, 3.8) is 0 Å². The van der Waals surface area contributed by atoms with Crippen molar-refractivity contribution in [3.05, 3.63) is 17.2 Å². The summed E-state index contributed by atoms with van der Waals surface area (Å²) in [5.74, 6) is 1.99. The van der Waals surface area contributed by atoms with Gasteiger partial charge in [-0.3, -0.25) is 0 Å². The number of aryl methyl sites for hydroxylation is 1. The van der Waals surface area contributed by atoms with Crippen LogP contribution in [0.2, 0.25) is 0 Å². The largest absolute Gasteiger partial charge is 0.345 e. The minimum atomic E-state index is 0.866. The number of fused-ring (bicyclic) bond motifs is 1. The molecule has 0 spiro atoms. The van der Waals surface area contributed by atoms with E-state index in [9.17, 15) is 0 Å². The summed E-state index contributed by atoms with van der Waals surface area (Å²) in [7, 11) is 4.16. The second kappa shape index (κ2) is 4.35. The zero-order valence-corrected chi connectivity index (χ0v) is 10.0. The Balaban J connectivity index is 2.11. The number of H-pyrrole nitrogens is 1. The van der Waals surface area contributed by atoms with Crippen LogP contribution in [0, 0.1) is 5.92 Å². The van der Waals surface area contributed by atoms with E-state index in [2.05, 4.69) is 35.9 Å². The molecule has 1 aromatic rings. The van der Waals surface area contributed by atoms with Crippen LogP contribution in [0.15, 0.2) is 0 Å². The summed E-state index contributed by atoms with van der Waals surface area (Å²) in [5, 5.41) is 0. The lowest BCUT2D eigenvalue weighted by molar-refractivity contribution is 0.391. The predicted molar refractivity (Wildman–Crippen MR) is 61.8 cm³/mol. The van der Waals surface area contributed by atoms with Gasteiger partial charge in [0, 0.05) is 5.69 Å². The summed E-state index contributed by atoms with van der Waals surface area (Å²) in [6.07, 6.45) is 4.97. The van der Waals surface area contributed by atoms with Crippen LogP contribution < -0.4 is 0 Å². The second-order valence-electron chi connectivity index (χ2n) is 4.86. The van der Waals surface area contributed by atoms with Gasteiger partial charge in [-0.25, -0.2) is 4.98 Å². The molecule has 0 saturated carbocycles. The minimum Gasteiger partial charge on any atom is -0.345 e. The number of hydrogen-bond acceptors (Lipinski definition) is 2. The smallest absolute Gasteiger partial charge is 0.120 e. The molecule has 2 rings (SSSR count). The van der Waals surface area contributed by atoms with Crippen molar-refractivity contribution in [3.8, 4) is 0 Å². The summed E-state index contributed by atoms with van der Waals surface area (Å²) in [4.78, 5) is 10.3. The lowest BCUT2D eigenvalue weighted by atomic mass is 9.88. The molecule has 1 atom stereocenters. The van der Waals surface area contributed by atoms with E-state index in [4.69, 9.17) is 0 Å². The Kier molecular flexibility index (Phi) is 3.10. The summed E-state index contributed by atoms with van der Waals surface area (Å²) in [6, 6.07) is 0. The van der Waals surface area contributed by atoms with Crippen LogP contribution in [0.4, 0.5) is 0 Å². The molecule has 0 aromatic carbocycles. The molecule has 0 saturated heterocycles. The highest BCUT2D eigenvalue weighted by Gasteiger charge is 2.20. The monoisotopic (exact) mass is 207 g/mol. The molecule has 0 radical (unpaired) electrons. The average molecular weight is 207 g/mol. The molecular weight excluding hydrogens is 186 g/mol. The van der Waals surface area contributed by atoms with Gasteiger partial charge in [0.25, 0.3) is 0 Å². The molecule has 0 fully saturated rings. The maximum absolute atomic E-state index is 4.66. The summed E-state index contributed by atoms with van der Waals surface area (Å²) in [6.45, 7) is 3.20. The first-order valence-electron chi connectivity index (χ1n) is 5.90. The molecule has 3 heteroatoms. The van der Waals surface area contributed by atoms with Gasteiger partial charge >= 0.3 is 0 Å². The topological polar surface area (TPSA) is 31.9 Å². The van der Waals surface area contributed by atoms with Gasteiger partial charge in [-0.05, 0) is 39.3 Å². The van der Waals surface area contributed by atoms with Gasteiger partial charge in [0.1, 0.15) is 5.82 Å². The van der Waals surface area contributed by atoms with Crippen molar-refractivity contribution in [2.45, 2.75) is 39.2 Å². The Hall–Kier alpha value is -0.830. The van der Waals surface area contributed by atoms with E-state index in [0.717, 1.165) is 24.7 Å². The quantitative estimate of drug-likeness (QED) is 0.822. The van der Waals surface area contributed by atoms with E-state index in [0.29, 0.717) is 0 Å². The first kappa shape index (κ1) is 10.7. The number of nitrogens with one attached hydrogen (secondary N) is 1. The first-order chi connectivity index (χ1) is 7.19. The zero-order valence-electron chi connectivity index (χ0n) is 10.0. The molecule has 3 nitrogen and oxygen atoms in total. The van der Waals surface area contributed by atoms with Gasteiger partial charge in [-0.2, -0.15) is 0 Å². The third kappa shape index (κ3) is 2.40. The summed E-state index contributed by atoms with van der Waals surface area (Å²) < 4.78 is 0. The van der Waals surface area contributed by atoms with Crippen molar-refractivity contribution >= 4 is 0 Å². The maximum Gasteiger partial charge on any atom is 0.120 e. The zero-order chi connectivity index (χ0) is 10.8. The number of aromatic nitrogens is 2. The fraction of sp³-hybridized carbons (Fsp3) is 0.750. The summed E-state index contributed by atoms with van der Waals surface area (Å²) in [5.41, 5.74) is 2.71. The molecule has 0 amide bonds. The number of nitrogens with zero attached hydrogens (tertiary/aromatic N) is 2. The summed E-state index contributed by atoms with van der Waals surface area (Å²) >= 11 is 0. The van der Waals surface area contributed by atoms with Gasteiger partial charge in [0.15, 0.2) is 0 Å². The number of rotatable bonds is 3. The standard InChI is InChI=1S/C12H21N3/c1-4-9-5-6-10-11(7-9)14-12(13-10)8-15(2)3/h9H,4-8H2,1-3H3,(H,13,14). The van der Waals surface area contributed by atoms with E-state index < -0.39 is 0 Å².